The molecule has 0 aliphatic heterocycles. The Morgan fingerprint density at radius 3 is 2.57 bits per heavy atom. The number of ether oxygens (including phenoxy) is 1. The van der Waals surface area contributed by atoms with E-state index >= 15 is 0 Å². The summed E-state index contributed by atoms with van der Waals surface area (Å²) in [5.74, 6) is -1.76. The van der Waals surface area contributed by atoms with Crippen molar-refractivity contribution >= 4 is 23.4 Å². The van der Waals surface area contributed by atoms with Crippen molar-refractivity contribution in [3.8, 4) is 0 Å². The van der Waals surface area contributed by atoms with Crippen LogP contribution in [0, 0.1) is 5.82 Å². The molecule has 1 rings (SSSR count). The Kier molecular flexibility index (Phi) is 11.1. The van der Waals surface area contributed by atoms with Crippen molar-refractivity contribution in [3.63, 3.8) is 0 Å². The van der Waals surface area contributed by atoms with Gasteiger partial charge in [0.1, 0.15) is 17.4 Å². The summed E-state index contributed by atoms with van der Waals surface area (Å²) >= 11 is 5.21. The smallest absolute Gasteiger partial charge is 0.257 e. The first kappa shape index (κ1) is 25.1. The van der Waals surface area contributed by atoms with Crippen LogP contribution < -0.4 is 10.6 Å². The van der Waals surface area contributed by atoms with Crippen LogP contribution in [0.3, 0.4) is 0 Å². The Hall–Kier alpha value is -2.93. The summed E-state index contributed by atoms with van der Waals surface area (Å²) in [7, 11) is 0. The topological polar surface area (TPSA) is 67.4 Å². The SMILES string of the molecule is C=C/C(=C\C(F)=C\Cl)OCC(=O)NCCC(=C)C(=O)NC(C)Cc1ccc(F)cc1. The lowest BCUT2D eigenvalue weighted by Gasteiger charge is -2.15. The zero-order valence-corrected chi connectivity index (χ0v) is 17.5. The normalized spacial score (nSPS) is 12.7. The monoisotopic (exact) mass is 438 g/mol. The maximum atomic E-state index is 13.1. The van der Waals surface area contributed by atoms with Crippen LogP contribution >= 0.6 is 11.6 Å². The molecule has 1 atom stereocenters. The van der Waals surface area contributed by atoms with E-state index in [1.165, 1.54) is 18.2 Å². The van der Waals surface area contributed by atoms with Crippen LogP contribution in [0.4, 0.5) is 8.78 Å². The molecular formula is C22H25ClF2N2O3. The fourth-order valence-corrected chi connectivity index (χ4v) is 2.41. The quantitative estimate of drug-likeness (QED) is 0.293. The van der Waals surface area contributed by atoms with Crippen LogP contribution in [0.15, 0.2) is 72.3 Å². The van der Waals surface area contributed by atoms with Gasteiger partial charge in [-0.1, -0.05) is 36.9 Å². The van der Waals surface area contributed by atoms with Crippen LogP contribution in [-0.4, -0.2) is 31.0 Å². The van der Waals surface area contributed by atoms with Gasteiger partial charge in [-0.25, -0.2) is 8.78 Å². The third-order valence-corrected chi connectivity index (χ3v) is 4.07. The number of carbonyl (C=O) groups excluding carboxylic acids is 2. The van der Waals surface area contributed by atoms with E-state index in [4.69, 9.17) is 16.3 Å². The van der Waals surface area contributed by atoms with Crippen LogP contribution in [0.5, 0.6) is 0 Å². The molecule has 0 fully saturated rings. The van der Waals surface area contributed by atoms with Gasteiger partial charge in [0.05, 0.1) is 0 Å². The molecule has 2 amide bonds. The minimum absolute atomic E-state index is 0.0541. The van der Waals surface area contributed by atoms with Gasteiger partial charge in [-0.2, -0.15) is 0 Å². The van der Waals surface area contributed by atoms with Gasteiger partial charge < -0.3 is 15.4 Å². The first-order valence-corrected chi connectivity index (χ1v) is 9.61. The maximum absolute atomic E-state index is 13.1. The third-order valence-electron chi connectivity index (χ3n) is 3.86. The number of amides is 2. The Morgan fingerprint density at radius 1 is 1.30 bits per heavy atom. The number of nitrogens with one attached hydrogen (secondary N) is 2. The van der Waals surface area contributed by atoms with Crippen LogP contribution in [0.2, 0.25) is 0 Å². The predicted octanol–water partition coefficient (Wildman–Crippen LogP) is 4.07. The fourth-order valence-electron chi connectivity index (χ4n) is 2.34. The molecule has 0 bridgehead atoms. The fraction of sp³-hybridized carbons (Fsp3) is 0.273. The minimum atomic E-state index is -0.733. The Labute approximate surface area is 180 Å². The second-order valence-corrected chi connectivity index (χ2v) is 6.66. The molecule has 162 valence electrons. The van der Waals surface area contributed by atoms with Gasteiger partial charge in [0, 0.05) is 29.8 Å². The molecule has 5 nitrogen and oxygen atoms in total. The predicted molar refractivity (Wildman–Crippen MR) is 114 cm³/mol. The first-order valence-electron chi connectivity index (χ1n) is 9.17. The highest BCUT2D eigenvalue weighted by atomic mass is 35.5. The number of halogens is 3. The first-order chi connectivity index (χ1) is 14.2. The van der Waals surface area contributed by atoms with E-state index in [0.29, 0.717) is 12.0 Å². The molecule has 0 aromatic heterocycles. The molecule has 2 N–H and O–H groups in total. The Bertz CT molecular complexity index is 820. The second-order valence-electron chi connectivity index (χ2n) is 6.44. The average Bonchev–Trinajstić information content (AvgIpc) is 2.72. The summed E-state index contributed by atoms with van der Waals surface area (Å²) in [6.07, 6.45) is 3.03. The molecule has 0 aliphatic rings. The van der Waals surface area contributed by atoms with E-state index in [9.17, 15) is 18.4 Å². The summed E-state index contributed by atoms with van der Waals surface area (Å²) in [5.41, 5.74) is 1.93. The molecule has 0 aliphatic carbocycles. The van der Waals surface area contributed by atoms with E-state index in [0.717, 1.165) is 17.2 Å². The van der Waals surface area contributed by atoms with Crippen LogP contribution in [0.25, 0.3) is 0 Å². The summed E-state index contributed by atoms with van der Waals surface area (Å²) in [6.45, 7) is 8.85. The number of carbonyl (C=O) groups is 2. The summed E-state index contributed by atoms with van der Waals surface area (Å²) in [4.78, 5) is 24.0. The molecule has 0 radical (unpaired) electrons. The lowest BCUT2D eigenvalue weighted by atomic mass is 10.1. The van der Waals surface area contributed by atoms with Gasteiger partial charge in [-0.15, -0.1) is 0 Å². The number of hydrogen-bond donors (Lipinski definition) is 2. The highest BCUT2D eigenvalue weighted by molar-refractivity contribution is 6.25. The average molecular weight is 439 g/mol. The van der Waals surface area contributed by atoms with Crippen molar-refractivity contribution in [1.29, 1.82) is 0 Å². The van der Waals surface area contributed by atoms with Gasteiger partial charge >= 0.3 is 0 Å². The van der Waals surface area contributed by atoms with Crippen molar-refractivity contribution in [2.75, 3.05) is 13.2 Å². The Morgan fingerprint density at radius 2 is 1.97 bits per heavy atom. The molecular weight excluding hydrogens is 414 g/mol. The van der Waals surface area contributed by atoms with Crippen molar-refractivity contribution < 1.29 is 23.1 Å². The number of allylic oxidation sites excluding steroid dienone is 3. The number of hydrogen-bond acceptors (Lipinski definition) is 3. The number of benzene rings is 1. The van der Waals surface area contributed by atoms with E-state index in [1.807, 2.05) is 6.92 Å². The standard InChI is InChI=1S/C22H25ClF2N2O3/c1-4-20(12-19(25)13-23)30-14-21(28)26-10-9-15(2)22(29)27-16(3)11-17-5-7-18(24)8-6-17/h4-8,12-13,16H,1-2,9-11,14H2,3H3,(H,26,28)(H,27,29)/b19-13-,20-12+. The second kappa shape index (κ2) is 13.3. The maximum Gasteiger partial charge on any atom is 0.257 e. The van der Waals surface area contributed by atoms with E-state index < -0.39 is 11.7 Å². The summed E-state index contributed by atoms with van der Waals surface area (Å²) in [5, 5.41) is 5.39. The van der Waals surface area contributed by atoms with Gasteiger partial charge in [0.25, 0.3) is 5.91 Å². The molecule has 8 heteroatoms. The summed E-state index contributed by atoms with van der Waals surface area (Å²) < 4.78 is 31.1. The molecule has 1 aromatic rings. The lowest BCUT2D eigenvalue weighted by Crippen LogP contribution is -2.36. The molecule has 1 aromatic carbocycles. The molecule has 0 saturated heterocycles. The van der Waals surface area contributed by atoms with Crippen molar-refractivity contribution in [1.82, 2.24) is 10.6 Å². The van der Waals surface area contributed by atoms with Crippen molar-refractivity contribution in [2.45, 2.75) is 25.8 Å². The van der Waals surface area contributed by atoms with Crippen LogP contribution in [0.1, 0.15) is 18.9 Å². The third kappa shape index (κ3) is 10.0. The highest BCUT2D eigenvalue weighted by Gasteiger charge is 2.12. The van der Waals surface area contributed by atoms with Gasteiger partial charge in [-0.3, -0.25) is 9.59 Å². The van der Waals surface area contributed by atoms with Gasteiger partial charge in [-0.05, 0) is 43.5 Å². The molecule has 0 heterocycles. The Balaban J connectivity index is 2.33. The zero-order valence-electron chi connectivity index (χ0n) is 16.7. The molecule has 1 unspecified atom stereocenters. The minimum Gasteiger partial charge on any atom is -0.484 e. The largest absolute Gasteiger partial charge is 0.484 e. The van der Waals surface area contributed by atoms with Gasteiger partial charge in [0.2, 0.25) is 5.91 Å². The van der Waals surface area contributed by atoms with Gasteiger partial charge in [0.15, 0.2) is 6.61 Å². The molecule has 0 saturated carbocycles. The van der Waals surface area contributed by atoms with Crippen molar-refractivity contribution in [2.24, 2.45) is 0 Å². The highest BCUT2D eigenvalue weighted by Crippen LogP contribution is 2.08. The number of rotatable bonds is 12. The van der Waals surface area contributed by atoms with E-state index in [-0.39, 0.29) is 43.1 Å². The summed E-state index contributed by atoms with van der Waals surface area (Å²) in [6, 6.07) is 5.90. The molecule has 30 heavy (non-hydrogen) atoms. The zero-order chi connectivity index (χ0) is 22.5. The van der Waals surface area contributed by atoms with E-state index in [1.54, 1.807) is 12.1 Å². The molecule has 0 spiro atoms. The lowest BCUT2D eigenvalue weighted by molar-refractivity contribution is -0.124. The van der Waals surface area contributed by atoms with Crippen molar-refractivity contribution in [3.05, 3.63) is 83.7 Å². The van der Waals surface area contributed by atoms with Crippen LogP contribution in [-0.2, 0) is 20.7 Å². The van der Waals surface area contributed by atoms with E-state index in [2.05, 4.69) is 23.8 Å².